The van der Waals surface area contributed by atoms with E-state index in [1.54, 1.807) is 7.11 Å². The van der Waals surface area contributed by atoms with Gasteiger partial charge in [0.05, 0.1) is 25.7 Å². The van der Waals surface area contributed by atoms with Gasteiger partial charge in [-0.3, -0.25) is 4.79 Å². The van der Waals surface area contributed by atoms with Crippen LogP contribution in [0.2, 0.25) is 0 Å². The Balaban J connectivity index is 2.72. The number of rotatable bonds is 8. The van der Waals surface area contributed by atoms with E-state index in [0.717, 1.165) is 11.3 Å². The number of amides is 1. The summed E-state index contributed by atoms with van der Waals surface area (Å²) in [5.74, 6) is 0.741. The predicted molar refractivity (Wildman–Crippen MR) is 87.9 cm³/mol. The van der Waals surface area contributed by atoms with E-state index >= 15 is 0 Å². The molecule has 0 fully saturated rings. The molecular formula is C17H28N2O3. The number of carbonyl (C=O) groups is 1. The van der Waals surface area contributed by atoms with Crippen molar-refractivity contribution in [2.75, 3.05) is 27.7 Å². The molecule has 1 aromatic carbocycles. The van der Waals surface area contributed by atoms with Crippen LogP contribution in [0.5, 0.6) is 5.75 Å². The van der Waals surface area contributed by atoms with Crippen molar-refractivity contribution in [1.29, 1.82) is 0 Å². The number of aliphatic hydroxyl groups excluding tert-OH is 1. The average Bonchev–Trinajstić information content (AvgIpc) is 2.47. The normalized spacial score (nSPS) is 14.0. The Bertz CT molecular complexity index is 475. The van der Waals surface area contributed by atoms with E-state index < -0.39 is 6.10 Å². The van der Waals surface area contributed by atoms with Crippen molar-refractivity contribution in [2.24, 2.45) is 5.92 Å². The van der Waals surface area contributed by atoms with Crippen molar-refractivity contribution >= 4 is 5.91 Å². The molecule has 0 aliphatic heterocycles. The van der Waals surface area contributed by atoms with Crippen molar-refractivity contribution in [3.05, 3.63) is 29.8 Å². The van der Waals surface area contributed by atoms with Crippen molar-refractivity contribution < 1.29 is 14.6 Å². The number of benzene rings is 1. The first kappa shape index (κ1) is 18.5. The van der Waals surface area contributed by atoms with Gasteiger partial charge in [-0.15, -0.1) is 0 Å². The molecule has 0 aromatic heterocycles. The zero-order valence-electron chi connectivity index (χ0n) is 14.2. The maximum Gasteiger partial charge on any atom is 0.222 e. The first-order chi connectivity index (χ1) is 10.4. The summed E-state index contributed by atoms with van der Waals surface area (Å²) >= 11 is 0. The molecule has 5 nitrogen and oxygen atoms in total. The first-order valence-corrected chi connectivity index (χ1v) is 7.60. The number of nitrogens with zero attached hydrogens (tertiary/aromatic N) is 1. The Morgan fingerprint density at radius 1 is 1.32 bits per heavy atom. The van der Waals surface area contributed by atoms with Gasteiger partial charge >= 0.3 is 0 Å². The number of hydrogen-bond acceptors (Lipinski definition) is 4. The van der Waals surface area contributed by atoms with Crippen molar-refractivity contribution in [2.45, 2.75) is 32.4 Å². The summed E-state index contributed by atoms with van der Waals surface area (Å²) in [6.45, 7) is 4.27. The lowest BCUT2D eigenvalue weighted by Crippen LogP contribution is -2.36. The van der Waals surface area contributed by atoms with Crippen LogP contribution in [-0.2, 0) is 4.79 Å². The monoisotopic (exact) mass is 308 g/mol. The highest BCUT2D eigenvalue weighted by Crippen LogP contribution is 2.27. The highest BCUT2D eigenvalue weighted by atomic mass is 16.5. The van der Waals surface area contributed by atoms with Gasteiger partial charge in [-0.05, 0) is 26.1 Å². The highest BCUT2D eigenvalue weighted by Gasteiger charge is 2.20. The van der Waals surface area contributed by atoms with Crippen LogP contribution in [0.15, 0.2) is 24.3 Å². The van der Waals surface area contributed by atoms with Crippen LogP contribution in [0.4, 0.5) is 0 Å². The Hall–Kier alpha value is -1.59. The molecule has 124 valence electrons. The first-order valence-electron chi connectivity index (χ1n) is 7.60. The van der Waals surface area contributed by atoms with Gasteiger partial charge in [-0.2, -0.15) is 0 Å². The quantitative estimate of drug-likeness (QED) is 0.769. The van der Waals surface area contributed by atoms with Crippen LogP contribution in [0.1, 0.15) is 31.9 Å². The molecule has 22 heavy (non-hydrogen) atoms. The molecule has 0 saturated carbocycles. The maximum absolute atomic E-state index is 11.9. The largest absolute Gasteiger partial charge is 0.496 e. The molecule has 5 heteroatoms. The van der Waals surface area contributed by atoms with Crippen molar-refractivity contribution in [3.63, 3.8) is 0 Å². The number of ether oxygens (including phenoxy) is 1. The molecule has 0 aliphatic carbocycles. The second-order valence-corrected chi connectivity index (χ2v) is 6.04. The summed E-state index contributed by atoms with van der Waals surface area (Å²) in [6.07, 6.45) is -0.479. The molecule has 0 spiro atoms. The van der Waals surface area contributed by atoms with E-state index in [9.17, 15) is 9.90 Å². The summed E-state index contributed by atoms with van der Waals surface area (Å²) in [5, 5.41) is 12.7. The molecule has 0 saturated heterocycles. The van der Waals surface area contributed by atoms with E-state index in [4.69, 9.17) is 4.74 Å². The molecular weight excluding hydrogens is 280 g/mol. The number of hydrogen-bond donors (Lipinski definition) is 2. The molecule has 2 atom stereocenters. The van der Waals surface area contributed by atoms with Gasteiger partial charge < -0.3 is 20.1 Å². The van der Waals surface area contributed by atoms with Crippen LogP contribution >= 0.6 is 0 Å². The van der Waals surface area contributed by atoms with Gasteiger partial charge in [0.1, 0.15) is 5.75 Å². The lowest BCUT2D eigenvalue weighted by molar-refractivity contribution is -0.123. The average molecular weight is 308 g/mol. The topological polar surface area (TPSA) is 61.8 Å². The molecule has 2 N–H and O–H groups in total. The molecule has 0 aliphatic rings. The summed E-state index contributed by atoms with van der Waals surface area (Å²) in [6, 6.07) is 7.80. The number of nitrogens with one attached hydrogen (secondary N) is 1. The second kappa shape index (κ2) is 8.76. The standard InChI is InChI=1S/C17H28N2O3/c1-12(2)15(20)10-17(21)18-11-14(19(3)4)13-8-6-7-9-16(13)22-5/h6-9,12,14-15,20H,10-11H2,1-5H3,(H,18,21). The summed E-state index contributed by atoms with van der Waals surface area (Å²) in [7, 11) is 5.57. The van der Waals surface area contributed by atoms with Gasteiger partial charge in [-0.25, -0.2) is 0 Å². The van der Waals surface area contributed by atoms with E-state index in [1.165, 1.54) is 0 Å². The van der Waals surface area contributed by atoms with Crippen molar-refractivity contribution in [1.82, 2.24) is 10.2 Å². The third-order valence-corrected chi connectivity index (χ3v) is 3.78. The number of likely N-dealkylation sites (N-methyl/N-ethyl adjacent to an activating group) is 1. The lowest BCUT2D eigenvalue weighted by atomic mass is 10.0. The fourth-order valence-corrected chi connectivity index (χ4v) is 2.22. The zero-order chi connectivity index (χ0) is 16.7. The third kappa shape index (κ3) is 5.31. The minimum atomic E-state index is -0.607. The Morgan fingerprint density at radius 3 is 2.50 bits per heavy atom. The van der Waals surface area contributed by atoms with Crippen LogP contribution in [-0.4, -0.2) is 49.8 Å². The van der Waals surface area contributed by atoms with E-state index in [1.807, 2.05) is 57.1 Å². The number of para-hydroxylation sites is 1. The zero-order valence-corrected chi connectivity index (χ0v) is 14.2. The summed E-state index contributed by atoms with van der Waals surface area (Å²) in [5.41, 5.74) is 1.03. The third-order valence-electron chi connectivity index (χ3n) is 3.78. The smallest absolute Gasteiger partial charge is 0.222 e. The fraction of sp³-hybridized carbons (Fsp3) is 0.588. The molecule has 0 radical (unpaired) electrons. The maximum atomic E-state index is 11.9. The fourth-order valence-electron chi connectivity index (χ4n) is 2.22. The van der Waals surface area contributed by atoms with Gasteiger partial charge in [0.2, 0.25) is 5.91 Å². The Morgan fingerprint density at radius 2 is 1.95 bits per heavy atom. The highest BCUT2D eigenvalue weighted by molar-refractivity contribution is 5.76. The Labute approximate surface area is 133 Å². The minimum Gasteiger partial charge on any atom is -0.496 e. The lowest BCUT2D eigenvalue weighted by Gasteiger charge is -2.27. The SMILES string of the molecule is COc1ccccc1C(CNC(=O)CC(O)C(C)C)N(C)C. The van der Waals surface area contributed by atoms with E-state index in [0.29, 0.717) is 6.54 Å². The summed E-state index contributed by atoms with van der Waals surface area (Å²) < 4.78 is 5.40. The van der Waals surface area contributed by atoms with Crippen LogP contribution < -0.4 is 10.1 Å². The summed E-state index contributed by atoms with van der Waals surface area (Å²) in [4.78, 5) is 14.0. The van der Waals surface area contributed by atoms with E-state index in [2.05, 4.69) is 5.32 Å². The second-order valence-electron chi connectivity index (χ2n) is 6.04. The molecule has 2 unspecified atom stereocenters. The van der Waals surface area contributed by atoms with E-state index in [-0.39, 0.29) is 24.3 Å². The van der Waals surface area contributed by atoms with Crippen LogP contribution in [0, 0.1) is 5.92 Å². The van der Waals surface area contributed by atoms with Gasteiger partial charge in [0.15, 0.2) is 0 Å². The number of methoxy groups -OCH3 is 1. The molecule has 1 rings (SSSR count). The van der Waals surface area contributed by atoms with Gasteiger partial charge in [-0.1, -0.05) is 32.0 Å². The molecule has 0 heterocycles. The predicted octanol–water partition coefficient (Wildman–Crippen LogP) is 1.82. The number of carbonyl (C=O) groups excluding carboxylic acids is 1. The molecule has 0 bridgehead atoms. The van der Waals surface area contributed by atoms with Gasteiger partial charge in [0, 0.05) is 12.1 Å². The molecule has 1 aromatic rings. The minimum absolute atomic E-state index is 0.0105. The number of aliphatic hydroxyl groups is 1. The van der Waals surface area contributed by atoms with Gasteiger partial charge in [0.25, 0.3) is 0 Å². The molecule has 1 amide bonds. The van der Waals surface area contributed by atoms with Crippen LogP contribution in [0.25, 0.3) is 0 Å². The van der Waals surface area contributed by atoms with Crippen LogP contribution in [0.3, 0.4) is 0 Å². The van der Waals surface area contributed by atoms with Crippen molar-refractivity contribution in [3.8, 4) is 5.75 Å². The Kier molecular flexibility index (Phi) is 7.35.